The van der Waals surface area contributed by atoms with Crippen LogP contribution < -0.4 is 5.32 Å². The Morgan fingerprint density at radius 3 is 2.71 bits per heavy atom. The Morgan fingerprint density at radius 2 is 2.12 bits per heavy atom. The normalized spacial score (nSPS) is 27.0. The number of aromatic nitrogens is 1. The maximum atomic E-state index is 4.56. The summed E-state index contributed by atoms with van der Waals surface area (Å²) in [4.78, 5) is 4.56. The molecule has 0 amide bonds. The fourth-order valence-electron chi connectivity index (χ4n) is 2.49. The average molecular weight is 252 g/mol. The number of aryl methyl sites for hydroxylation is 1. The minimum Gasteiger partial charge on any atom is -0.313 e. The molecule has 0 bridgehead atoms. The molecule has 1 N–H and O–H groups in total. The number of hydrogen-bond acceptors (Lipinski definition) is 3. The van der Waals surface area contributed by atoms with E-state index in [9.17, 15) is 0 Å². The summed E-state index contributed by atoms with van der Waals surface area (Å²) in [6.45, 7) is 7.79. The summed E-state index contributed by atoms with van der Waals surface area (Å²) >= 11 is 1.79. The molecule has 0 aromatic carbocycles. The summed E-state index contributed by atoms with van der Waals surface area (Å²) < 4.78 is 0. The van der Waals surface area contributed by atoms with E-state index in [1.165, 1.54) is 30.7 Å². The van der Waals surface area contributed by atoms with E-state index in [1.807, 2.05) is 0 Å². The Morgan fingerprint density at radius 1 is 1.41 bits per heavy atom. The van der Waals surface area contributed by atoms with Crippen molar-refractivity contribution in [1.29, 1.82) is 0 Å². The molecule has 0 spiro atoms. The highest BCUT2D eigenvalue weighted by Crippen LogP contribution is 2.24. The van der Waals surface area contributed by atoms with Crippen LogP contribution in [0.1, 0.15) is 56.2 Å². The second kappa shape index (κ2) is 5.96. The summed E-state index contributed by atoms with van der Waals surface area (Å²) in [6, 6.07) is 0.745. The van der Waals surface area contributed by atoms with Gasteiger partial charge in [-0.25, -0.2) is 4.98 Å². The molecule has 0 radical (unpaired) electrons. The highest BCUT2D eigenvalue weighted by Gasteiger charge is 2.19. The molecule has 0 aliphatic heterocycles. The van der Waals surface area contributed by atoms with E-state index in [4.69, 9.17) is 0 Å². The van der Waals surface area contributed by atoms with Crippen LogP contribution in [0.4, 0.5) is 0 Å². The van der Waals surface area contributed by atoms with Gasteiger partial charge in [0.1, 0.15) is 0 Å². The van der Waals surface area contributed by atoms with Crippen molar-refractivity contribution in [2.45, 2.75) is 58.4 Å². The lowest BCUT2D eigenvalue weighted by Crippen LogP contribution is -2.35. The molecular weight excluding hydrogens is 228 g/mol. The molecule has 2 rings (SSSR count). The monoisotopic (exact) mass is 252 g/mol. The number of nitrogens with one attached hydrogen (secondary N) is 1. The largest absolute Gasteiger partial charge is 0.313 e. The minimum absolute atomic E-state index is 0.549. The first-order valence-electron chi connectivity index (χ1n) is 6.80. The second-order valence-electron chi connectivity index (χ2n) is 5.59. The molecule has 1 aromatic rings. The number of nitrogens with zero attached hydrogens (tertiary/aromatic N) is 1. The molecule has 1 heterocycles. The lowest BCUT2D eigenvalue weighted by atomic mass is 9.87. The fraction of sp³-hybridized carbons (Fsp3) is 0.786. The number of hydrogen-bond donors (Lipinski definition) is 1. The molecule has 1 aromatic heterocycles. The third-order valence-corrected chi connectivity index (χ3v) is 4.98. The molecule has 1 aliphatic rings. The van der Waals surface area contributed by atoms with Gasteiger partial charge in [-0.2, -0.15) is 0 Å². The second-order valence-corrected chi connectivity index (χ2v) is 6.48. The van der Waals surface area contributed by atoms with E-state index in [0.717, 1.165) is 24.2 Å². The van der Waals surface area contributed by atoms with E-state index in [2.05, 4.69) is 36.5 Å². The van der Waals surface area contributed by atoms with Crippen molar-refractivity contribution < 1.29 is 0 Å². The molecule has 0 saturated heterocycles. The molecule has 96 valence electrons. The first kappa shape index (κ1) is 13.0. The van der Waals surface area contributed by atoms with Crippen molar-refractivity contribution in [1.82, 2.24) is 10.3 Å². The van der Waals surface area contributed by atoms with Gasteiger partial charge in [0.15, 0.2) is 0 Å². The van der Waals surface area contributed by atoms with Crippen molar-refractivity contribution in [3.05, 3.63) is 16.1 Å². The summed E-state index contributed by atoms with van der Waals surface area (Å²) in [5.41, 5.74) is 1.16. The van der Waals surface area contributed by atoms with Crippen LogP contribution in [0.25, 0.3) is 0 Å². The SMILES string of the molecule is Cc1csc(C(C)CNC2CCC(C)CC2)n1. The Bertz CT molecular complexity index is 340. The first-order valence-corrected chi connectivity index (χ1v) is 7.68. The number of thiazole rings is 1. The van der Waals surface area contributed by atoms with Crippen molar-refractivity contribution >= 4 is 11.3 Å². The van der Waals surface area contributed by atoms with Crippen LogP contribution in [0.15, 0.2) is 5.38 Å². The topological polar surface area (TPSA) is 24.9 Å². The van der Waals surface area contributed by atoms with Gasteiger partial charge in [0, 0.05) is 29.6 Å². The van der Waals surface area contributed by atoms with Crippen LogP contribution >= 0.6 is 11.3 Å². The molecule has 1 fully saturated rings. The molecule has 1 aliphatic carbocycles. The maximum Gasteiger partial charge on any atom is 0.0969 e. The van der Waals surface area contributed by atoms with Gasteiger partial charge < -0.3 is 5.32 Å². The molecular formula is C14H24N2S. The zero-order valence-electron chi connectivity index (χ0n) is 11.2. The summed E-state index contributed by atoms with van der Waals surface area (Å²) in [5.74, 6) is 1.49. The minimum atomic E-state index is 0.549. The smallest absolute Gasteiger partial charge is 0.0969 e. The van der Waals surface area contributed by atoms with Gasteiger partial charge in [0.2, 0.25) is 0 Å². The van der Waals surface area contributed by atoms with Gasteiger partial charge in [0.05, 0.1) is 5.01 Å². The summed E-state index contributed by atoms with van der Waals surface area (Å²) in [7, 11) is 0. The maximum absolute atomic E-state index is 4.56. The summed E-state index contributed by atoms with van der Waals surface area (Å²) in [6.07, 6.45) is 5.49. The molecule has 3 heteroatoms. The lowest BCUT2D eigenvalue weighted by Gasteiger charge is -2.27. The van der Waals surface area contributed by atoms with E-state index in [0.29, 0.717) is 5.92 Å². The fourth-order valence-corrected chi connectivity index (χ4v) is 3.35. The van der Waals surface area contributed by atoms with Crippen molar-refractivity contribution in [3.63, 3.8) is 0 Å². The third-order valence-electron chi connectivity index (χ3n) is 3.79. The van der Waals surface area contributed by atoms with Gasteiger partial charge in [-0.1, -0.05) is 13.8 Å². The van der Waals surface area contributed by atoms with Gasteiger partial charge in [-0.05, 0) is 38.5 Å². The van der Waals surface area contributed by atoms with E-state index in [-0.39, 0.29) is 0 Å². The Balaban J connectivity index is 1.74. The van der Waals surface area contributed by atoms with Gasteiger partial charge >= 0.3 is 0 Å². The molecule has 1 unspecified atom stereocenters. The van der Waals surface area contributed by atoms with Gasteiger partial charge in [0.25, 0.3) is 0 Å². The highest BCUT2D eigenvalue weighted by molar-refractivity contribution is 7.09. The van der Waals surface area contributed by atoms with Crippen LogP contribution in [0.2, 0.25) is 0 Å². The Kier molecular flexibility index (Phi) is 4.57. The average Bonchev–Trinajstić information content (AvgIpc) is 2.75. The highest BCUT2D eigenvalue weighted by atomic mass is 32.1. The van der Waals surface area contributed by atoms with E-state index < -0.39 is 0 Å². The van der Waals surface area contributed by atoms with Crippen LogP contribution in [-0.2, 0) is 0 Å². The Hall–Kier alpha value is -0.410. The zero-order valence-corrected chi connectivity index (χ0v) is 12.0. The van der Waals surface area contributed by atoms with Crippen LogP contribution in [0, 0.1) is 12.8 Å². The number of rotatable bonds is 4. The third kappa shape index (κ3) is 3.78. The van der Waals surface area contributed by atoms with Crippen molar-refractivity contribution in [2.75, 3.05) is 6.54 Å². The van der Waals surface area contributed by atoms with Crippen molar-refractivity contribution in [2.24, 2.45) is 5.92 Å². The standard InChI is InChI=1S/C14H24N2S/c1-10-4-6-13(7-5-10)15-8-11(2)14-16-12(3)9-17-14/h9-11,13,15H,4-8H2,1-3H3. The lowest BCUT2D eigenvalue weighted by molar-refractivity contribution is 0.305. The predicted molar refractivity (Wildman–Crippen MR) is 74.7 cm³/mol. The first-order chi connectivity index (χ1) is 8.15. The van der Waals surface area contributed by atoms with Crippen molar-refractivity contribution in [3.8, 4) is 0 Å². The van der Waals surface area contributed by atoms with Gasteiger partial charge in [-0.3, -0.25) is 0 Å². The molecule has 1 atom stereocenters. The quantitative estimate of drug-likeness (QED) is 0.883. The van der Waals surface area contributed by atoms with Gasteiger partial charge in [-0.15, -0.1) is 11.3 Å². The predicted octanol–water partition coefficient (Wildman–Crippen LogP) is 3.72. The molecule has 1 saturated carbocycles. The van der Waals surface area contributed by atoms with E-state index in [1.54, 1.807) is 11.3 Å². The molecule has 2 nitrogen and oxygen atoms in total. The van der Waals surface area contributed by atoms with Crippen LogP contribution in [0.5, 0.6) is 0 Å². The van der Waals surface area contributed by atoms with E-state index >= 15 is 0 Å². The zero-order chi connectivity index (χ0) is 12.3. The summed E-state index contributed by atoms with van der Waals surface area (Å²) in [5, 5.41) is 7.14. The van der Waals surface area contributed by atoms with Crippen LogP contribution in [-0.4, -0.2) is 17.6 Å². The Labute approximate surface area is 109 Å². The van der Waals surface area contributed by atoms with Crippen LogP contribution in [0.3, 0.4) is 0 Å². The molecule has 17 heavy (non-hydrogen) atoms.